The van der Waals surface area contributed by atoms with E-state index in [-0.39, 0.29) is 17.1 Å². The maximum atomic E-state index is 10.8. The van der Waals surface area contributed by atoms with Crippen LogP contribution in [0, 0.1) is 0 Å². The molecule has 1 unspecified atom stereocenters. The third-order valence-corrected chi connectivity index (χ3v) is 5.38. The SMILES string of the molecule is C=C(C)CCSP(=O)([O-])OP(=O)([O-])[O-]. The minimum absolute atomic E-state index is 0.107. The van der Waals surface area contributed by atoms with E-state index in [0.717, 1.165) is 5.57 Å². The highest BCUT2D eigenvalue weighted by Crippen LogP contribution is 2.59. The quantitative estimate of drug-likeness (QED) is 0.487. The van der Waals surface area contributed by atoms with Crippen LogP contribution in [0.3, 0.4) is 0 Å². The Morgan fingerprint density at radius 3 is 2.29 bits per heavy atom. The second-order valence-electron chi connectivity index (χ2n) is 2.52. The van der Waals surface area contributed by atoms with Crippen LogP contribution in [0.1, 0.15) is 13.3 Å². The number of hydrogen-bond donors (Lipinski definition) is 0. The highest BCUT2D eigenvalue weighted by Gasteiger charge is 2.10. The summed E-state index contributed by atoms with van der Waals surface area (Å²) >= 11 is 0.279. The molecule has 0 aliphatic heterocycles. The summed E-state index contributed by atoms with van der Waals surface area (Å²) in [6, 6.07) is 0. The maximum absolute atomic E-state index is 10.8. The lowest BCUT2D eigenvalue weighted by molar-refractivity contribution is -0.337. The van der Waals surface area contributed by atoms with Crippen molar-refractivity contribution in [3.63, 3.8) is 0 Å². The van der Waals surface area contributed by atoms with Crippen molar-refractivity contribution in [3.05, 3.63) is 12.2 Å². The summed E-state index contributed by atoms with van der Waals surface area (Å²) in [5.74, 6) is 0.107. The summed E-state index contributed by atoms with van der Waals surface area (Å²) in [7, 11) is -5.47. The minimum atomic E-state index is -5.47. The Kier molecular flexibility index (Phi) is 5.62. The summed E-state index contributed by atoms with van der Waals surface area (Å²) in [5, 5.41) is 0. The molecule has 0 saturated carbocycles. The monoisotopic (exact) mass is 259 g/mol. The molecule has 1 atom stereocenters. The van der Waals surface area contributed by atoms with Crippen molar-refractivity contribution in [2.75, 3.05) is 5.75 Å². The maximum Gasteiger partial charge on any atom is 0.195 e. The lowest BCUT2D eigenvalue weighted by Gasteiger charge is -2.35. The van der Waals surface area contributed by atoms with Gasteiger partial charge in [0, 0.05) is 5.75 Å². The van der Waals surface area contributed by atoms with E-state index in [2.05, 4.69) is 10.9 Å². The molecule has 6 nitrogen and oxygen atoms in total. The van der Waals surface area contributed by atoms with E-state index in [1.165, 1.54) is 0 Å². The molecule has 0 aliphatic carbocycles. The van der Waals surface area contributed by atoms with E-state index in [1.54, 1.807) is 6.92 Å². The number of allylic oxidation sites excluding steroid dienone is 1. The van der Waals surface area contributed by atoms with Gasteiger partial charge in [0.2, 0.25) is 0 Å². The Morgan fingerprint density at radius 2 is 1.93 bits per heavy atom. The van der Waals surface area contributed by atoms with Crippen LogP contribution in [0.25, 0.3) is 0 Å². The zero-order chi connectivity index (χ0) is 11.4. The van der Waals surface area contributed by atoms with Gasteiger partial charge >= 0.3 is 0 Å². The first kappa shape index (κ1) is 14.4. The lowest BCUT2D eigenvalue weighted by Crippen LogP contribution is -2.17. The highest BCUT2D eigenvalue weighted by molar-refractivity contribution is 8.54. The molecular weight excluding hydrogens is 250 g/mol. The normalized spacial score (nSPS) is 16.3. The van der Waals surface area contributed by atoms with Gasteiger partial charge in [-0.2, -0.15) is 0 Å². The number of hydrogen-bond acceptors (Lipinski definition) is 7. The summed E-state index contributed by atoms with van der Waals surface area (Å²) in [6.45, 7) is 0.590. The lowest BCUT2D eigenvalue weighted by atomic mass is 10.3. The summed E-state index contributed by atoms with van der Waals surface area (Å²) in [4.78, 5) is 30.8. The molecule has 0 spiro atoms. The van der Waals surface area contributed by atoms with Crippen LogP contribution in [0.4, 0.5) is 0 Å². The van der Waals surface area contributed by atoms with E-state index in [1.807, 2.05) is 0 Å². The van der Waals surface area contributed by atoms with Gasteiger partial charge in [-0.3, -0.25) is 8.88 Å². The summed E-state index contributed by atoms with van der Waals surface area (Å²) in [6.07, 6.45) is 0.405. The fourth-order valence-electron chi connectivity index (χ4n) is 0.478. The Hall–Kier alpha value is 0.390. The minimum Gasteiger partial charge on any atom is -0.790 e. The van der Waals surface area contributed by atoms with Gasteiger partial charge in [-0.15, -0.1) is 6.58 Å². The van der Waals surface area contributed by atoms with Gasteiger partial charge in [-0.1, -0.05) is 17.0 Å². The van der Waals surface area contributed by atoms with E-state index in [9.17, 15) is 23.8 Å². The van der Waals surface area contributed by atoms with E-state index >= 15 is 0 Å². The average molecular weight is 259 g/mol. The van der Waals surface area contributed by atoms with Crippen molar-refractivity contribution < 1.29 is 28.1 Å². The summed E-state index contributed by atoms with van der Waals surface area (Å²) in [5.41, 5.74) is 0.755. The second kappa shape index (κ2) is 5.47. The molecule has 0 aromatic carbocycles. The molecule has 0 aromatic rings. The predicted octanol–water partition coefficient (Wildman–Crippen LogP) is -0.000500. The molecular formula is C5H9O6P2S-3. The average Bonchev–Trinajstić information content (AvgIpc) is 1.78. The van der Waals surface area contributed by atoms with Crippen molar-refractivity contribution in [2.24, 2.45) is 0 Å². The van der Waals surface area contributed by atoms with Gasteiger partial charge in [0.25, 0.3) is 0 Å². The summed E-state index contributed by atoms with van der Waals surface area (Å²) < 4.78 is 24.2. The van der Waals surface area contributed by atoms with Gasteiger partial charge in [-0.25, -0.2) is 0 Å². The predicted molar refractivity (Wildman–Crippen MR) is 48.2 cm³/mol. The molecule has 84 valence electrons. The second-order valence-corrected chi connectivity index (χ2v) is 7.74. The molecule has 0 saturated heterocycles. The first-order valence-electron chi connectivity index (χ1n) is 3.46. The van der Waals surface area contributed by atoms with Gasteiger partial charge in [-0.05, 0) is 13.3 Å². The zero-order valence-corrected chi connectivity index (χ0v) is 9.98. The topological polar surface area (TPSA) is 113 Å². The molecule has 0 N–H and O–H groups in total. The Balaban J connectivity index is 4.03. The van der Waals surface area contributed by atoms with E-state index in [4.69, 9.17) is 0 Å². The smallest absolute Gasteiger partial charge is 0.195 e. The van der Waals surface area contributed by atoms with Gasteiger partial charge in [0.15, 0.2) is 6.80 Å². The van der Waals surface area contributed by atoms with Crippen molar-refractivity contribution in [1.82, 2.24) is 0 Å². The Labute approximate surface area is 85.9 Å². The number of phosphoric acid groups is 1. The molecule has 14 heavy (non-hydrogen) atoms. The van der Waals surface area contributed by atoms with Crippen LogP contribution in [-0.4, -0.2) is 5.75 Å². The van der Waals surface area contributed by atoms with Crippen LogP contribution in [0.15, 0.2) is 12.2 Å². The molecule has 0 bridgehead atoms. The fraction of sp³-hybridized carbons (Fsp3) is 0.600. The molecule has 0 rings (SSSR count). The van der Waals surface area contributed by atoms with Crippen LogP contribution >= 0.6 is 26.0 Å². The van der Waals surface area contributed by atoms with Crippen LogP contribution < -0.4 is 14.7 Å². The van der Waals surface area contributed by atoms with Crippen molar-refractivity contribution in [2.45, 2.75) is 13.3 Å². The van der Waals surface area contributed by atoms with Gasteiger partial charge < -0.3 is 19.2 Å². The van der Waals surface area contributed by atoms with Crippen molar-refractivity contribution in [1.29, 1.82) is 0 Å². The zero-order valence-electron chi connectivity index (χ0n) is 7.37. The number of rotatable bonds is 6. The molecule has 0 aromatic heterocycles. The standard InChI is InChI=1S/C5H12O6P2S/c1-5(2)3-4-14-13(9,10)11-12(6,7)8/h1,3-4H2,2H3,(H,9,10)(H2,6,7,8)/p-3. The molecule has 0 amide bonds. The fourth-order valence-corrected chi connectivity index (χ4v) is 4.41. The molecule has 0 aliphatic rings. The first-order chi connectivity index (χ1) is 6.12. The molecule has 0 fully saturated rings. The highest BCUT2D eigenvalue weighted by atomic mass is 32.7. The molecule has 0 heterocycles. The molecule has 9 heteroatoms. The van der Waals surface area contributed by atoms with E-state index < -0.39 is 14.6 Å². The third-order valence-electron chi connectivity index (χ3n) is 0.978. The largest absolute Gasteiger partial charge is 0.790 e. The van der Waals surface area contributed by atoms with Crippen LogP contribution in [-0.2, 0) is 13.4 Å². The van der Waals surface area contributed by atoms with Gasteiger partial charge in [0.05, 0.1) is 7.82 Å². The van der Waals surface area contributed by atoms with Crippen molar-refractivity contribution in [3.8, 4) is 0 Å². The first-order valence-corrected chi connectivity index (χ1v) is 8.05. The van der Waals surface area contributed by atoms with Crippen molar-refractivity contribution >= 4 is 26.0 Å². The Morgan fingerprint density at radius 1 is 1.43 bits per heavy atom. The molecule has 0 radical (unpaired) electrons. The Bertz CT molecular complexity index is 297. The van der Waals surface area contributed by atoms with E-state index in [0.29, 0.717) is 6.42 Å². The van der Waals surface area contributed by atoms with Crippen LogP contribution in [0.2, 0.25) is 0 Å². The van der Waals surface area contributed by atoms with Gasteiger partial charge in [0.1, 0.15) is 0 Å². The van der Waals surface area contributed by atoms with Crippen LogP contribution in [0.5, 0.6) is 0 Å². The third kappa shape index (κ3) is 8.97.